The maximum absolute atomic E-state index is 12.2. The summed E-state index contributed by atoms with van der Waals surface area (Å²) in [5.41, 5.74) is 0.755. The maximum atomic E-state index is 12.2. The summed E-state index contributed by atoms with van der Waals surface area (Å²) in [5.74, 6) is -1.16. The van der Waals surface area contributed by atoms with Crippen LogP contribution in [-0.4, -0.2) is 41.7 Å². The molecule has 0 radical (unpaired) electrons. The number of rotatable bonds is 5. The first-order valence-electron chi connectivity index (χ1n) is 7.70. The van der Waals surface area contributed by atoms with Gasteiger partial charge < -0.3 is 20.1 Å². The second kappa shape index (κ2) is 7.94. The molecule has 0 bridgehead atoms. The third-order valence-corrected chi connectivity index (χ3v) is 4.08. The maximum Gasteiger partial charge on any atom is 0.387 e. The number of alkyl halides is 2. The third kappa shape index (κ3) is 4.81. The van der Waals surface area contributed by atoms with Crippen molar-refractivity contribution < 1.29 is 28.2 Å². The molecule has 1 aromatic rings. The van der Waals surface area contributed by atoms with E-state index in [0.29, 0.717) is 25.9 Å². The molecule has 2 amide bonds. The lowest BCUT2D eigenvalue weighted by atomic mass is 9.97. The average molecular weight is 342 g/mol. The summed E-state index contributed by atoms with van der Waals surface area (Å²) in [7, 11) is 0. The fraction of sp³-hybridized carbons (Fsp3) is 0.500. The number of hydrogen-bond donors (Lipinski definition) is 2. The summed E-state index contributed by atoms with van der Waals surface area (Å²) >= 11 is 0. The van der Waals surface area contributed by atoms with E-state index in [-0.39, 0.29) is 17.8 Å². The average Bonchev–Trinajstić information content (AvgIpc) is 2.55. The van der Waals surface area contributed by atoms with Crippen molar-refractivity contribution in [2.75, 3.05) is 13.1 Å². The predicted molar refractivity (Wildman–Crippen MR) is 82.0 cm³/mol. The zero-order valence-corrected chi connectivity index (χ0v) is 13.2. The first kappa shape index (κ1) is 18.0. The molecule has 1 saturated heterocycles. The first-order valence-corrected chi connectivity index (χ1v) is 7.70. The Hall–Kier alpha value is -2.38. The van der Waals surface area contributed by atoms with Crippen molar-refractivity contribution in [1.82, 2.24) is 10.2 Å². The number of carboxylic acid groups (broad SMARTS) is 1. The van der Waals surface area contributed by atoms with Gasteiger partial charge in [-0.05, 0) is 37.5 Å². The number of halogens is 2. The smallest absolute Gasteiger partial charge is 0.387 e. The monoisotopic (exact) mass is 342 g/mol. The van der Waals surface area contributed by atoms with Crippen LogP contribution in [0.2, 0.25) is 0 Å². The van der Waals surface area contributed by atoms with Crippen LogP contribution in [0.5, 0.6) is 5.75 Å². The number of urea groups is 1. The van der Waals surface area contributed by atoms with Gasteiger partial charge in [-0.1, -0.05) is 12.1 Å². The molecule has 2 N–H and O–H groups in total. The van der Waals surface area contributed by atoms with Crippen molar-refractivity contribution in [3.63, 3.8) is 0 Å². The molecule has 1 heterocycles. The van der Waals surface area contributed by atoms with Crippen molar-refractivity contribution in [2.45, 2.75) is 32.4 Å². The zero-order chi connectivity index (χ0) is 17.7. The van der Waals surface area contributed by atoms with E-state index in [1.807, 2.05) is 0 Å². The molecule has 1 unspecified atom stereocenters. The van der Waals surface area contributed by atoms with E-state index in [2.05, 4.69) is 10.1 Å². The molecule has 2 rings (SSSR count). The number of benzene rings is 1. The Balaban J connectivity index is 1.86. The molecule has 132 valence electrons. The third-order valence-electron chi connectivity index (χ3n) is 4.08. The quantitative estimate of drug-likeness (QED) is 0.862. The van der Waals surface area contributed by atoms with Gasteiger partial charge in [-0.15, -0.1) is 0 Å². The van der Waals surface area contributed by atoms with Crippen molar-refractivity contribution >= 4 is 12.0 Å². The standard InChI is InChI=1S/C16H20F2N2O4/c1-10(11-2-4-13(5-3-11)24-15(17)18)19-16(23)20-8-6-12(7-9-20)14(21)22/h2-5,10,12,15H,6-9H2,1H3,(H,19,23)(H,21,22). The fourth-order valence-electron chi connectivity index (χ4n) is 2.63. The zero-order valence-electron chi connectivity index (χ0n) is 13.2. The highest BCUT2D eigenvalue weighted by Gasteiger charge is 2.27. The minimum absolute atomic E-state index is 0.0584. The lowest BCUT2D eigenvalue weighted by Gasteiger charge is -2.31. The van der Waals surface area contributed by atoms with E-state index >= 15 is 0 Å². The van der Waals surface area contributed by atoms with Crippen molar-refractivity contribution in [2.24, 2.45) is 5.92 Å². The van der Waals surface area contributed by atoms with E-state index in [4.69, 9.17) is 5.11 Å². The molecule has 0 aliphatic carbocycles. The van der Waals surface area contributed by atoms with Crippen LogP contribution < -0.4 is 10.1 Å². The van der Waals surface area contributed by atoms with Gasteiger partial charge in [0.2, 0.25) is 0 Å². The fourth-order valence-corrected chi connectivity index (χ4v) is 2.63. The second-order valence-corrected chi connectivity index (χ2v) is 5.72. The van der Waals surface area contributed by atoms with Gasteiger partial charge in [-0.25, -0.2) is 4.79 Å². The van der Waals surface area contributed by atoms with Gasteiger partial charge in [-0.2, -0.15) is 8.78 Å². The summed E-state index contributed by atoms with van der Waals surface area (Å²) in [6.45, 7) is -0.292. The molecular weight excluding hydrogens is 322 g/mol. The van der Waals surface area contributed by atoms with Gasteiger partial charge in [-0.3, -0.25) is 4.79 Å². The molecule has 1 aliphatic rings. The van der Waals surface area contributed by atoms with E-state index in [1.165, 1.54) is 12.1 Å². The number of likely N-dealkylation sites (tertiary alicyclic amines) is 1. The number of nitrogens with zero attached hydrogens (tertiary/aromatic N) is 1. The van der Waals surface area contributed by atoms with Crippen LogP contribution in [-0.2, 0) is 4.79 Å². The van der Waals surface area contributed by atoms with Crippen molar-refractivity contribution in [3.05, 3.63) is 29.8 Å². The lowest BCUT2D eigenvalue weighted by Crippen LogP contribution is -2.46. The van der Waals surface area contributed by atoms with Gasteiger partial charge in [0.05, 0.1) is 12.0 Å². The Labute approximate surface area is 138 Å². The van der Waals surface area contributed by atoms with Crippen LogP contribution in [0.15, 0.2) is 24.3 Å². The number of carboxylic acids is 1. The molecule has 1 aromatic carbocycles. The van der Waals surface area contributed by atoms with Crippen LogP contribution in [0.4, 0.5) is 13.6 Å². The molecule has 24 heavy (non-hydrogen) atoms. The summed E-state index contributed by atoms with van der Waals surface area (Å²) in [4.78, 5) is 24.7. The Morgan fingerprint density at radius 3 is 2.33 bits per heavy atom. The minimum atomic E-state index is -2.87. The molecular formula is C16H20F2N2O4. The van der Waals surface area contributed by atoms with E-state index in [0.717, 1.165) is 5.56 Å². The van der Waals surface area contributed by atoms with E-state index in [1.54, 1.807) is 24.0 Å². The van der Waals surface area contributed by atoms with Crippen LogP contribution in [0.25, 0.3) is 0 Å². The molecule has 0 aromatic heterocycles. The Kier molecular flexibility index (Phi) is 5.94. The van der Waals surface area contributed by atoms with Crippen LogP contribution >= 0.6 is 0 Å². The molecule has 0 saturated carbocycles. The summed E-state index contributed by atoms with van der Waals surface area (Å²) in [5, 5.41) is 11.8. The van der Waals surface area contributed by atoms with Crippen molar-refractivity contribution in [3.8, 4) is 5.75 Å². The highest BCUT2D eigenvalue weighted by atomic mass is 19.3. The number of hydrogen-bond acceptors (Lipinski definition) is 3. The van der Waals surface area contributed by atoms with Crippen LogP contribution in [0.1, 0.15) is 31.4 Å². The SMILES string of the molecule is CC(NC(=O)N1CCC(C(=O)O)CC1)c1ccc(OC(F)F)cc1. The highest BCUT2D eigenvalue weighted by molar-refractivity contribution is 5.75. The summed E-state index contributed by atoms with van der Waals surface area (Å²) < 4.78 is 28.5. The number of ether oxygens (including phenoxy) is 1. The lowest BCUT2D eigenvalue weighted by molar-refractivity contribution is -0.143. The Bertz CT molecular complexity index is 572. The summed E-state index contributed by atoms with van der Waals surface area (Å²) in [6.07, 6.45) is 0.883. The van der Waals surface area contributed by atoms with Gasteiger partial charge in [0.15, 0.2) is 0 Å². The molecule has 8 heteroatoms. The topological polar surface area (TPSA) is 78.9 Å². The minimum Gasteiger partial charge on any atom is -0.481 e. The molecule has 1 aliphatic heterocycles. The Morgan fingerprint density at radius 1 is 1.25 bits per heavy atom. The van der Waals surface area contributed by atoms with Gasteiger partial charge >= 0.3 is 18.6 Å². The van der Waals surface area contributed by atoms with Crippen molar-refractivity contribution in [1.29, 1.82) is 0 Å². The number of carbonyl (C=O) groups is 2. The molecule has 1 atom stereocenters. The van der Waals surface area contributed by atoms with Crippen LogP contribution in [0.3, 0.4) is 0 Å². The molecule has 0 spiro atoms. The van der Waals surface area contributed by atoms with E-state index < -0.39 is 18.5 Å². The number of nitrogens with one attached hydrogen (secondary N) is 1. The number of piperidine rings is 1. The van der Waals surface area contributed by atoms with E-state index in [9.17, 15) is 18.4 Å². The normalized spacial score (nSPS) is 16.8. The van der Waals surface area contributed by atoms with Gasteiger partial charge in [0.1, 0.15) is 5.75 Å². The molecule has 6 nitrogen and oxygen atoms in total. The van der Waals surface area contributed by atoms with Crippen LogP contribution in [0, 0.1) is 5.92 Å². The second-order valence-electron chi connectivity index (χ2n) is 5.72. The summed E-state index contributed by atoms with van der Waals surface area (Å²) in [6, 6.07) is 5.48. The predicted octanol–water partition coefficient (Wildman–Crippen LogP) is 2.86. The first-order chi connectivity index (χ1) is 11.4. The Morgan fingerprint density at radius 2 is 1.83 bits per heavy atom. The largest absolute Gasteiger partial charge is 0.481 e. The molecule has 1 fully saturated rings. The number of carbonyl (C=O) groups excluding carboxylic acids is 1. The van der Waals surface area contributed by atoms with Gasteiger partial charge in [0.25, 0.3) is 0 Å². The highest BCUT2D eigenvalue weighted by Crippen LogP contribution is 2.21. The van der Waals surface area contributed by atoms with Gasteiger partial charge in [0, 0.05) is 13.1 Å². The number of amides is 2. The number of aliphatic carboxylic acids is 1.